The van der Waals surface area contributed by atoms with Gasteiger partial charge >= 0.3 is 0 Å². The van der Waals surface area contributed by atoms with Crippen LogP contribution in [0.3, 0.4) is 0 Å². The normalized spacial score (nSPS) is 21.0. The first kappa shape index (κ1) is 15.2. The molecule has 7 nitrogen and oxygen atoms in total. The maximum atomic E-state index is 12.7. The highest BCUT2D eigenvalue weighted by Crippen LogP contribution is 2.20. The number of fused-ring (bicyclic) bond motifs is 1. The molecule has 1 N–H and O–H groups in total. The second-order valence-electron chi connectivity index (χ2n) is 6.29. The summed E-state index contributed by atoms with van der Waals surface area (Å²) in [5.41, 5.74) is 1.25. The topological polar surface area (TPSA) is 72.5 Å². The molecule has 120 valence electrons. The number of aryl methyl sites for hydroxylation is 1. The third-order valence-corrected chi connectivity index (χ3v) is 4.66. The summed E-state index contributed by atoms with van der Waals surface area (Å²) in [7, 11) is 2.10. The van der Waals surface area contributed by atoms with Gasteiger partial charge in [-0.15, -0.1) is 0 Å². The number of rotatable bonds is 2. The van der Waals surface area contributed by atoms with E-state index >= 15 is 0 Å². The summed E-state index contributed by atoms with van der Waals surface area (Å²) in [6.07, 6.45) is 0. The average molecular weight is 305 g/mol. The number of aromatic amines is 1. The molecular weight excluding hydrogens is 282 g/mol. The number of piperazine rings is 1. The fraction of sp³-hybridized carbons (Fsp3) is 0.667. The fourth-order valence-electron chi connectivity index (χ4n) is 3.18. The maximum Gasteiger partial charge on any atom is 0.256 e. The average Bonchev–Trinajstić information content (AvgIpc) is 2.90. The summed E-state index contributed by atoms with van der Waals surface area (Å²) in [5.74, 6) is 0.685. The number of amides is 1. The van der Waals surface area contributed by atoms with Crippen LogP contribution in [0.15, 0.2) is 4.79 Å². The lowest BCUT2D eigenvalue weighted by Crippen LogP contribution is -2.53. The van der Waals surface area contributed by atoms with E-state index in [1.807, 2.05) is 6.92 Å². The summed E-state index contributed by atoms with van der Waals surface area (Å²) in [4.78, 5) is 38.0. The molecule has 0 spiro atoms. The molecule has 0 bridgehead atoms. The van der Waals surface area contributed by atoms with Gasteiger partial charge in [0.2, 0.25) is 5.91 Å². The summed E-state index contributed by atoms with van der Waals surface area (Å²) in [6, 6.07) is -0.150. The predicted octanol–water partition coefficient (Wildman–Crippen LogP) is -0.444. The number of carbonyl (C=O) groups excluding carboxylic acids is 1. The van der Waals surface area contributed by atoms with Crippen LogP contribution in [-0.2, 0) is 17.9 Å². The molecule has 1 amide bonds. The van der Waals surface area contributed by atoms with Gasteiger partial charge in [-0.05, 0) is 20.9 Å². The molecule has 1 atom stereocenters. The van der Waals surface area contributed by atoms with Gasteiger partial charge < -0.3 is 14.8 Å². The minimum Gasteiger partial charge on any atom is -0.331 e. The van der Waals surface area contributed by atoms with Gasteiger partial charge in [0.05, 0.1) is 30.4 Å². The lowest BCUT2D eigenvalue weighted by molar-refractivity contribution is -0.137. The second kappa shape index (κ2) is 5.81. The van der Waals surface area contributed by atoms with Crippen molar-refractivity contribution in [2.24, 2.45) is 0 Å². The van der Waals surface area contributed by atoms with Gasteiger partial charge in [0, 0.05) is 26.2 Å². The van der Waals surface area contributed by atoms with Gasteiger partial charge in [-0.3, -0.25) is 14.5 Å². The smallest absolute Gasteiger partial charge is 0.256 e. The molecule has 1 aromatic rings. The minimum absolute atomic E-state index is 0.0830. The first-order valence-electron chi connectivity index (χ1n) is 7.75. The summed E-state index contributed by atoms with van der Waals surface area (Å²) in [5, 5.41) is 0. The molecule has 0 aromatic carbocycles. The van der Waals surface area contributed by atoms with Crippen molar-refractivity contribution in [1.82, 2.24) is 24.7 Å². The quantitative estimate of drug-likeness (QED) is 0.802. The number of H-pyrrole nitrogens is 1. The van der Waals surface area contributed by atoms with E-state index in [9.17, 15) is 9.59 Å². The highest BCUT2D eigenvalue weighted by Gasteiger charge is 2.32. The Morgan fingerprint density at radius 2 is 1.91 bits per heavy atom. The zero-order chi connectivity index (χ0) is 15.9. The van der Waals surface area contributed by atoms with Crippen LogP contribution in [0.4, 0.5) is 0 Å². The van der Waals surface area contributed by atoms with E-state index < -0.39 is 0 Å². The Labute approximate surface area is 129 Å². The summed E-state index contributed by atoms with van der Waals surface area (Å²) in [6.45, 7) is 8.31. The number of hydrogen-bond donors (Lipinski definition) is 1. The van der Waals surface area contributed by atoms with Gasteiger partial charge in [0.15, 0.2) is 0 Å². The van der Waals surface area contributed by atoms with Crippen LogP contribution in [-0.4, -0.2) is 69.8 Å². The predicted molar refractivity (Wildman–Crippen MR) is 82.4 cm³/mol. The number of nitrogens with zero attached hydrogens (tertiary/aromatic N) is 4. The Bertz CT molecular complexity index is 633. The van der Waals surface area contributed by atoms with E-state index in [1.165, 1.54) is 0 Å². The van der Waals surface area contributed by atoms with Crippen LogP contribution < -0.4 is 5.56 Å². The van der Waals surface area contributed by atoms with Crippen LogP contribution in [0.5, 0.6) is 0 Å². The molecule has 0 saturated carbocycles. The second-order valence-corrected chi connectivity index (χ2v) is 6.29. The van der Waals surface area contributed by atoms with Crippen molar-refractivity contribution in [1.29, 1.82) is 0 Å². The monoisotopic (exact) mass is 305 g/mol. The molecule has 2 aliphatic heterocycles. The van der Waals surface area contributed by atoms with Crippen LogP contribution in [0.2, 0.25) is 0 Å². The zero-order valence-electron chi connectivity index (χ0n) is 13.4. The van der Waals surface area contributed by atoms with Crippen molar-refractivity contribution in [3.05, 3.63) is 27.4 Å². The number of likely N-dealkylation sites (N-methyl/N-ethyl adjacent to an activating group) is 1. The van der Waals surface area contributed by atoms with Crippen LogP contribution in [0, 0.1) is 6.92 Å². The molecular formula is C15H23N5O2. The molecule has 1 aromatic heterocycles. The highest BCUT2D eigenvalue weighted by molar-refractivity contribution is 5.82. The molecule has 7 heteroatoms. The number of nitrogens with one attached hydrogen (secondary N) is 1. The largest absolute Gasteiger partial charge is 0.331 e. The van der Waals surface area contributed by atoms with Gasteiger partial charge in [0.1, 0.15) is 5.82 Å². The highest BCUT2D eigenvalue weighted by atomic mass is 16.2. The molecule has 0 radical (unpaired) electrons. The van der Waals surface area contributed by atoms with E-state index in [4.69, 9.17) is 0 Å². The molecule has 2 aliphatic rings. The van der Waals surface area contributed by atoms with Gasteiger partial charge in [-0.1, -0.05) is 0 Å². The fourth-order valence-corrected chi connectivity index (χ4v) is 3.18. The molecule has 3 heterocycles. The van der Waals surface area contributed by atoms with Crippen molar-refractivity contribution < 1.29 is 4.79 Å². The Kier molecular flexibility index (Phi) is 4.01. The van der Waals surface area contributed by atoms with Gasteiger partial charge in [0.25, 0.3) is 5.56 Å². The summed E-state index contributed by atoms with van der Waals surface area (Å²) >= 11 is 0. The van der Waals surface area contributed by atoms with Gasteiger partial charge in [-0.25, -0.2) is 4.98 Å². The first-order chi connectivity index (χ1) is 10.5. The van der Waals surface area contributed by atoms with E-state index in [0.717, 1.165) is 31.9 Å². The van der Waals surface area contributed by atoms with E-state index in [-0.39, 0.29) is 17.5 Å². The van der Waals surface area contributed by atoms with Crippen LogP contribution >= 0.6 is 0 Å². The lowest BCUT2D eigenvalue weighted by Gasteiger charge is -2.36. The van der Waals surface area contributed by atoms with E-state index in [2.05, 4.69) is 26.8 Å². The van der Waals surface area contributed by atoms with Crippen molar-refractivity contribution in [2.75, 3.05) is 33.2 Å². The Balaban J connectivity index is 1.69. The minimum atomic E-state index is -0.150. The molecule has 22 heavy (non-hydrogen) atoms. The molecule has 3 rings (SSSR count). The standard InChI is InChI=1S/C15H23N5O2/c1-10(19-6-4-18(3)5-7-19)15(22)20-8-12-13(9-20)16-11(2)17-14(12)21/h10H,4-9H2,1-3H3,(H,16,17,21)/t10-/m0/s1. The molecule has 1 saturated heterocycles. The van der Waals surface area contributed by atoms with E-state index in [0.29, 0.717) is 24.5 Å². The first-order valence-corrected chi connectivity index (χ1v) is 7.75. The van der Waals surface area contributed by atoms with Crippen molar-refractivity contribution in [3.63, 3.8) is 0 Å². The Hall–Kier alpha value is -1.73. The number of aromatic nitrogens is 2. The Morgan fingerprint density at radius 3 is 2.59 bits per heavy atom. The number of carbonyl (C=O) groups is 1. The van der Waals surface area contributed by atoms with Crippen molar-refractivity contribution in [3.8, 4) is 0 Å². The number of hydrogen-bond acceptors (Lipinski definition) is 5. The lowest BCUT2D eigenvalue weighted by atomic mass is 10.2. The third-order valence-electron chi connectivity index (χ3n) is 4.66. The van der Waals surface area contributed by atoms with Crippen molar-refractivity contribution in [2.45, 2.75) is 33.0 Å². The zero-order valence-corrected chi connectivity index (χ0v) is 13.4. The molecule has 0 unspecified atom stereocenters. The summed E-state index contributed by atoms with van der Waals surface area (Å²) < 4.78 is 0. The third kappa shape index (κ3) is 2.78. The van der Waals surface area contributed by atoms with Crippen LogP contribution in [0.25, 0.3) is 0 Å². The van der Waals surface area contributed by atoms with Gasteiger partial charge in [-0.2, -0.15) is 0 Å². The molecule has 1 fully saturated rings. The Morgan fingerprint density at radius 1 is 1.23 bits per heavy atom. The van der Waals surface area contributed by atoms with Crippen molar-refractivity contribution >= 4 is 5.91 Å². The molecule has 0 aliphatic carbocycles. The SMILES string of the molecule is Cc1nc2c(c(=O)[nH]1)CN(C(=O)[C@H](C)N1CCN(C)CC1)C2. The van der Waals surface area contributed by atoms with E-state index in [1.54, 1.807) is 11.8 Å². The van der Waals surface area contributed by atoms with Crippen LogP contribution in [0.1, 0.15) is 24.0 Å². The maximum absolute atomic E-state index is 12.7.